The van der Waals surface area contributed by atoms with Crippen LogP contribution in [0.5, 0.6) is 0 Å². The largest absolute Gasteiger partial charge is 0.384 e. The number of rotatable bonds is 7. The zero-order valence-electron chi connectivity index (χ0n) is 14.2. The standard InChI is InChI=1S/C18H33N3/c1-4-7-13-21-17(19)16(14(5-2)6-3)20-18(21)15-11-9-8-10-12-15/h14-15H,4-13,19H2,1-3H3. The maximum atomic E-state index is 6.50. The lowest BCUT2D eigenvalue weighted by molar-refractivity contribution is 0.413. The first-order valence-corrected chi connectivity index (χ1v) is 9.08. The van der Waals surface area contributed by atoms with Crippen molar-refractivity contribution in [2.45, 2.75) is 96.9 Å². The Balaban J connectivity index is 2.33. The maximum Gasteiger partial charge on any atom is 0.127 e. The summed E-state index contributed by atoms with van der Waals surface area (Å²) in [4.78, 5) is 5.07. The molecule has 0 unspecified atom stereocenters. The molecule has 0 spiro atoms. The molecule has 1 fully saturated rings. The zero-order valence-corrected chi connectivity index (χ0v) is 14.2. The number of aromatic nitrogens is 2. The van der Waals surface area contributed by atoms with Crippen molar-refractivity contribution in [3.05, 3.63) is 11.5 Å². The number of nitrogen functional groups attached to an aromatic ring is 1. The van der Waals surface area contributed by atoms with E-state index in [0.29, 0.717) is 11.8 Å². The lowest BCUT2D eigenvalue weighted by Gasteiger charge is -2.22. The summed E-state index contributed by atoms with van der Waals surface area (Å²) in [7, 11) is 0. The molecular weight excluding hydrogens is 258 g/mol. The highest BCUT2D eigenvalue weighted by molar-refractivity contribution is 5.41. The van der Waals surface area contributed by atoms with Crippen LogP contribution in [0.1, 0.15) is 102 Å². The van der Waals surface area contributed by atoms with Crippen molar-refractivity contribution in [3.8, 4) is 0 Å². The third kappa shape index (κ3) is 3.61. The van der Waals surface area contributed by atoms with Gasteiger partial charge in [0.2, 0.25) is 0 Å². The molecule has 21 heavy (non-hydrogen) atoms. The molecule has 1 saturated carbocycles. The summed E-state index contributed by atoms with van der Waals surface area (Å²) in [6, 6.07) is 0. The SMILES string of the molecule is CCCCn1c(C2CCCCC2)nc(C(CC)CC)c1N. The Morgan fingerprint density at radius 1 is 1.14 bits per heavy atom. The Kier molecular flexibility index (Phi) is 6.13. The third-order valence-corrected chi connectivity index (χ3v) is 5.14. The molecule has 1 aromatic heterocycles. The van der Waals surface area contributed by atoms with Crippen LogP contribution in [0.2, 0.25) is 0 Å². The quantitative estimate of drug-likeness (QED) is 0.748. The molecule has 0 bridgehead atoms. The number of anilines is 1. The van der Waals surface area contributed by atoms with Crippen molar-refractivity contribution in [1.29, 1.82) is 0 Å². The second kappa shape index (κ2) is 7.86. The minimum absolute atomic E-state index is 0.523. The molecular formula is C18H33N3. The molecule has 1 aromatic rings. The Bertz CT molecular complexity index is 426. The van der Waals surface area contributed by atoms with Crippen LogP contribution in [0, 0.1) is 0 Å². The van der Waals surface area contributed by atoms with Gasteiger partial charge in [-0.3, -0.25) is 0 Å². The van der Waals surface area contributed by atoms with E-state index < -0.39 is 0 Å². The number of hydrogen-bond acceptors (Lipinski definition) is 2. The molecule has 120 valence electrons. The predicted molar refractivity (Wildman–Crippen MR) is 90.7 cm³/mol. The fraction of sp³-hybridized carbons (Fsp3) is 0.833. The fourth-order valence-corrected chi connectivity index (χ4v) is 3.70. The summed E-state index contributed by atoms with van der Waals surface area (Å²) < 4.78 is 2.35. The van der Waals surface area contributed by atoms with Gasteiger partial charge in [0.25, 0.3) is 0 Å². The first-order chi connectivity index (χ1) is 10.2. The van der Waals surface area contributed by atoms with E-state index in [1.54, 1.807) is 0 Å². The van der Waals surface area contributed by atoms with Crippen molar-refractivity contribution in [2.24, 2.45) is 0 Å². The summed E-state index contributed by atoms with van der Waals surface area (Å²) in [6.45, 7) is 7.79. The van der Waals surface area contributed by atoms with Crippen molar-refractivity contribution >= 4 is 5.82 Å². The number of hydrogen-bond donors (Lipinski definition) is 1. The van der Waals surface area contributed by atoms with Gasteiger partial charge in [0.15, 0.2) is 0 Å². The second-order valence-corrected chi connectivity index (χ2v) is 6.59. The van der Waals surface area contributed by atoms with Crippen LogP contribution >= 0.6 is 0 Å². The molecule has 1 aliphatic rings. The summed E-state index contributed by atoms with van der Waals surface area (Å²) in [6.07, 6.45) is 11.4. The normalized spacial score (nSPS) is 16.8. The van der Waals surface area contributed by atoms with Crippen molar-refractivity contribution in [1.82, 2.24) is 9.55 Å². The molecule has 2 N–H and O–H groups in total. The highest BCUT2D eigenvalue weighted by atomic mass is 15.1. The number of unbranched alkanes of at least 4 members (excludes halogenated alkanes) is 1. The van der Waals surface area contributed by atoms with Gasteiger partial charge in [-0.2, -0.15) is 0 Å². The first kappa shape index (κ1) is 16.4. The van der Waals surface area contributed by atoms with Gasteiger partial charge in [-0.1, -0.05) is 46.5 Å². The second-order valence-electron chi connectivity index (χ2n) is 6.59. The first-order valence-electron chi connectivity index (χ1n) is 9.08. The summed E-state index contributed by atoms with van der Waals surface area (Å²) >= 11 is 0. The Hall–Kier alpha value is -0.990. The van der Waals surface area contributed by atoms with Crippen LogP contribution in [-0.2, 0) is 6.54 Å². The molecule has 3 nitrogen and oxygen atoms in total. The van der Waals surface area contributed by atoms with E-state index in [0.717, 1.165) is 25.2 Å². The van der Waals surface area contributed by atoms with Crippen LogP contribution < -0.4 is 5.73 Å². The number of imidazole rings is 1. The van der Waals surface area contributed by atoms with E-state index in [9.17, 15) is 0 Å². The van der Waals surface area contributed by atoms with Gasteiger partial charge < -0.3 is 10.3 Å². The fourth-order valence-electron chi connectivity index (χ4n) is 3.70. The van der Waals surface area contributed by atoms with E-state index in [1.807, 2.05) is 0 Å². The molecule has 0 amide bonds. The Morgan fingerprint density at radius 2 is 1.81 bits per heavy atom. The molecule has 3 heteroatoms. The average Bonchev–Trinajstić information content (AvgIpc) is 2.85. The van der Waals surface area contributed by atoms with Gasteiger partial charge >= 0.3 is 0 Å². The van der Waals surface area contributed by atoms with Gasteiger partial charge in [0, 0.05) is 18.4 Å². The lowest BCUT2D eigenvalue weighted by atomic mass is 9.88. The molecule has 0 atom stereocenters. The molecule has 0 aliphatic heterocycles. The topological polar surface area (TPSA) is 43.8 Å². The Labute approximate surface area is 130 Å². The van der Waals surface area contributed by atoms with Crippen molar-refractivity contribution < 1.29 is 0 Å². The predicted octanol–water partition coefficient (Wildman–Crippen LogP) is 5.22. The maximum absolute atomic E-state index is 6.50. The summed E-state index contributed by atoms with van der Waals surface area (Å²) in [5.41, 5.74) is 7.68. The van der Waals surface area contributed by atoms with Crippen molar-refractivity contribution in [3.63, 3.8) is 0 Å². The van der Waals surface area contributed by atoms with Gasteiger partial charge in [-0.15, -0.1) is 0 Å². The summed E-state index contributed by atoms with van der Waals surface area (Å²) in [5.74, 6) is 3.41. The molecule has 1 aliphatic carbocycles. The molecule has 1 heterocycles. The Morgan fingerprint density at radius 3 is 2.38 bits per heavy atom. The number of nitrogens with two attached hydrogens (primary N) is 1. The number of nitrogens with zero attached hydrogens (tertiary/aromatic N) is 2. The van der Waals surface area contributed by atoms with E-state index in [-0.39, 0.29) is 0 Å². The molecule has 0 saturated heterocycles. The summed E-state index contributed by atoms with van der Waals surface area (Å²) in [5, 5.41) is 0. The molecule has 2 rings (SSSR count). The van der Waals surface area contributed by atoms with Crippen LogP contribution in [0.4, 0.5) is 5.82 Å². The van der Waals surface area contributed by atoms with Gasteiger partial charge in [0.1, 0.15) is 11.6 Å². The van der Waals surface area contributed by atoms with Gasteiger partial charge in [-0.25, -0.2) is 4.98 Å². The average molecular weight is 291 g/mol. The van der Waals surface area contributed by atoms with Gasteiger partial charge in [0.05, 0.1) is 5.69 Å². The van der Waals surface area contributed by atoms with E-state index in [4.69, 9.17) is 10.7 Å². The monoisotopic (exact) mass is 291 g/mol. The third-order valence-electron chi connectivity index (χ3n) is 5.14. The molecule has 0 aromatic carbocycles. The minimum atomic E-state index is 0.523. The zero-order chi connectivity index (χ0) is 15.2. The van der Waals surface area contributed by atoms with E-state index >= 15 is 0 Å². The van der Waals surface area contributed by atoms with Crippen molar-refractivity contribution in [2.75, 3.05) is 5.73 Å². The lowest BCUT2D eigenvalue weighted by Crippen LogP contribution is -2.14. The van der Waals surface area contributed by atoms with E-state index in [1.165, 1.54) is 56.5 Å². The van der Waals surface area contributed by atoms with Gasteiger partial charge in [-0.05, 0) is 32.1 Å². The van der Waals surface area contributed by atoms with Crippen LogP contribution in [0.25, 0.3) is 0 Å². The highest BCUT2D eigenvalue weighted by Gasteiger charge is 2.26. The van der Waals surface area contributed by atoms with E-state index in [2.05, 4.69) is 25.3 Å². The smallest absolute Gasteiger partial charge is 0.127 e. The van der Waals surface area contributed by atoms with Crippen LogP contribution in [0.15, 0.2) is 0 Å². The minimum Gasteiger partial charge on any atom is -0.384 e. The van der Waals surface area contributed by atoms with Crippen LogP contribution in [0.3, 0.4) is 0 Å². The van der Waals surface area contributed by atoms with Crippen LogP contribution in [-0.4, -0.2) is 9.55 Å². The molecule has 0 radical (unpaired) electrons. The highest BCUT2D eigenvalue weighted by Crippen LogP contribution is 2.36.